The predicted molar refractivity (Wildman–Crippen MR) is 81.2 cm³/mol. The van der Waals surface area contributed by atoms with Gasteiger partial charge in [0.25, 0.3) is 0 Å². The Morgan fingerprint density at radius 1 is 1.10 bits per heavy atom. The molecule has 2 aromatic rings. The third kappa shape index (κ3) is 3.68. The normalized spacial score (nSPS) is 10.5. The van der Waals surface area contributed by atoms with Gasteiger partial charge in [-0.3, -0.25) is 4.79 Å². The van der Waals surface area contributed by atoms with Gasteiger partial charge in [-0.05, 0) is 55.5 Å². The van der Waals surface area contributed by atoms with Gasteiger partial charge < -0.3 is 10.1 Å². The molecule has 2 rings (SSSR count). The molecule has 0 heterocycles. The monoisotopic (exact) mass is 268 g/mol. The molecule has 0 aromatic heterocycles. The number of carbonyl (C=O) groups excluding carboxylic acids is 1. The van der Waals surface area contributed by atoms with E-state index in [1.807, 2.05) is 31.3 Å². The van der Waals surface area contributed by atoms with Crippen LogP contribution in [0.4, 0.5) is 11.4 Å². The second-order valence-electron chi connectivity index (χ2n) is 4.23. The van der Waals surface area contributed by atoms with E-state index in [1.165, 1.54) is 13.3 Å². The molecule has 0 saturated carbocycles. The summed E-state index contributed by atoms with van der Waals surface area (Å²) in [6, 6.07) is 14.6. The Hall–Kier alpha value is -2.62. The summed E-state index contributed by atoms with van der Waals surface area (Å²) < 4.78 is 5.38. The van der Waals surface area contributed by atoms with Gasteiger partial charge in [-0.25, -0.2) is 4.99 Å². The minimum Gasteiger partial charge on any atom is -0.446 e. The van der Waals surface area contributed by atoms with E-state index in [2.05, 4.69) is 10.3 Å². The van der Waals surface area contributed by atoms with E-state index >= 15 is 0 Å². The van der Waals surface area contributed by atoms with Crippen molar-refractivity contribution in [3.63, 3.8) is 0 Å². The number of aliphatic imine (C=N–C) groups is 1. The van der Waals surface area contributed by atoms with Crippen molar-refractivity contribution in [3.8, 4) is 5.75 Å². The molecule has 4 nitrogen and oxygen atoms in total. The third-order valence-corrected chi connectivity index (χ3v) is 2.81. The van der Waals surface area contributed by atoms with E-state index in [1.54, 1.807) is 24.3 Å². The Morgan fingerprint density at radius 3 is 2.30 bits per heavy atom. The van der Waals surface area contributed by atoms with Gasteiger partial charge >= 0.3 is 0 Å². The highest BCUT2D eigenvalue weighted by Gasteiger charge is 1.98. The first-order valence-electron chi connectivity index (χ1n) is 6.27. The maximum atomic E-state index is 11.1. The maximum absolute atomic E-state index is 11.1. The molecule has 0 fully saturated rings. The van der Waals surface area contributed by atoms with Crippen molar-refractivity contribution in [1.29, 1.82) is 0 Å². The van der Waals surface area contributed by atoms with Crippen molar-refractivity contribution >= 4 is 23.6 Å². The van der Waals surface area contributed by atoms with Crippen LogP contribution >= 0.6 is 0 Å². The Labute approximate surface area is 118 Å². The first kappa shape index (κ1) is 13.8. The molecule has 102 valence electrons. The highest BCUT2D eigenvalue weighted by molar-refractivity contribution is 5.94. The lowest BCUT2D eigenvalue weighted by Gasteiger charge is -2.01. The Balaban J connectivity index is 1.96. The highest BCUT2D eigenvalue weighted by atomic mass is 16.5. The zero-order valence-electron chi connectivity index (χ0n) is 11.5. The van der Waals surface area contributed by atoms with Crippen molar-refractivity contribution in [3.05, 3.63) is 54.1 Å². The van der Waals surface area contributed by atoms with Crippen LogP contribution in [-0.2, 0) is 0 Å². The molecule has 0 bridgehead atoms. The van der Waals surface area contributed by atoms with Crippen LogP contribution in [0.1, 0.15) is 17.3 Å². The second kappa shape index (κ2) is 6.52. The number of ketones is 1. The Kier molecular flexibility index (Phi) is 4.50. The lowest BCUT2D eigenvalue weighted by Crippen LogP contribution is -1.93. The zero-order chi connectivity index (χ0) is 14.4. The molecule has 0 unspecified atom stereocenters. The summed E-state index contributed by atoms with van der Waals surface area (Å²) in [5.41, 5.74) is 2.51. The number of ether oxygens (including phenoxy) is 1. The van der Waals surface area contributed by atoms with Crippen molar-refractivity contribution in [2.45, 2.75) is 6.92 Å². The van der Waals surface area contributed by atoms with E-state index in [9.17, 15) is 4.79 Å². The molecule has 0 saturated heterocycles. The van der Waals surface area contributed by atoms with Gasteiger partial charge in [0.15, 0.2) is 12.2 Å². The fourth-order valence-electron chi connectivity index (χ4n) is 1.63. The molecule has 0 amide bonds. The number of benzene rings is 2. The summed E-state index contributed by atoms with van der Waals surface area (Å²) in [6.45, 7) is 1.53. The van der Waals surface area contributed by atoms with Crippen LogP contribution in [0.3, 0.4) is 0 Å². The van der Waals surface area contributed by atoms with E-state index in [-0.39, 0.29) is 5.78 Å². The molecule has 0 spiro atoms. The number of hydrogen-bond acceptors (Lipinski definition) is 4. The molecule has 0 aliphatic heterocycles. The average Bonchev–Trinajstić information content (AvgIpc) is 2.48. The maximum Gasteiger partial charge on any atom is 0.181 e. The molecule has 4 heteroatoms. The van der Waals surface area contributed by atoms with Gasteiger partial charge in [0.2, 0.25) is 0 Å². The largest absolute Gasteiger partial charge is 0.446 e. The Morgan fingerprint density at radius 2 is 1.75 bits per heavy atom. The zero-order valence-corrected chi connectivity index (χ0v) is 11.5. The molecular formula is C16H16N2O2. The first-order valence-corrected chi connectivity index (χ1v) is 6.27. The summed E-state index contributed by atoms with van der Waals surface area (Å²) in [4.78, 5) is 15.3. The van der Waals surface area contributed by atoms with Crippen LogP contribution in [0.5, 0.6) is 5.75 Å². The van der Waals surface area contributed by atoms with Crippen LogP contribution in [0, 0.1) is 0 Å². The lowest BCUT2D eigenvalue weighted by molar-refractivity contribution is 0.101. The number of nitrogens with one attached hydrogen (secondary N) is 1. The number of carbonyl (C=O) groups is 1. The van der Waals surface area contributed by atoms with Crippen LogP contribution in [0.25, 0.3) is 0 Å². The van der Waals surface area contributed by atoms with Crippen molar-refractivity contribution in [2.24, 2.45) is 4.99 Å². The van der Waals surface area contributed by atoms with Gasteiger partial charge in [0, 0.05) is 18.3 Å². The number of Topliss-reactive ketones (excluding diaryl/α,β-unsaturated/α-hetero) is 1. The van der Waals surface area contributed by atoms with E-state index in [0.29, 0.717) is 11.3 Å². The van der Waals surface area contributed by atoms with Gasteiger partial charge in [-0.15, -0.1) is 0 Å². The molecule has 1 N–H and O–H groups in total. The van der Waals surface area contributed by atoms with Gasteiger partial charge in [0.05, 0.1) is 5.69 Å². The number of anilines is 1. The smallest absolute Gasteiger partial charge is 0.181 e. The number of nitrogens with zero attached hydrogens (tertiary/aromatic N) is 1. The van der Waals surface area contributed by atoms with Gasteiger partial charge in [0.1, 0.15) is 5.75 Å². The van der Waals surface area contributed by atoms with Crippen LogP contribution < -0.4 is 10.1 Å². The topological polar surface area (TPSA) is 50.7 Å². The van der Waals surface area contributed by atoms with Crippen molar-refractivity contribution in [2.75, 3.05) is 12.4 Å². The molecule has 2 aromatic carbocycles. The van der Waals surface area contributed by atoms with Crippen LogP contribution in [0.15, 0.2) is 53.5 Å². The van der Waals surface area contributed by atoms with Crippen molar-refractivity contribution in [1.82, 2.24) is 0 Å². The summed E-state index contributed by atoms with van der Waals surface area (Å²) >= 11 is 0. The fraction of sp³-hybridized carbons (Fsp3) is 0.125. The van der Waals surface area contributed by atoms with E-state index in [0.717, 1.165) is 11.4 Å². The highest BCUT2D eigenvalue weighted by Crippen LogP contribution is 2.16. The molecule has 0 atom stereocenters. The SMILES string of the molecule is CNc1ccc(N=COc2ccc(C(C)=O)cc2)cc1. The number of hydrogen-bond donors (Lipinski definition) is 1. The molecule has 0 aliphatic rings. The quantitative estimate of drug-likeness (QED) is 0.511. The fourth-order valence-corrected chi connectivity index (χ4v) is 1.63. The summed E-state index contributed by atoms with van der Waals surface area (Å²) in [7, 11) is 1.87. The molecule has 20 heavy (non-hydrogen) atoms. The minimum atomic E-state index is 0.0369. The van der Waals surface area contributed by atoms with Crippen molar-refractivity contribution < 1.29 is 9.53 Å². The van der Waals surface area contributed by atoms with Gasteiger partial charge in [-0.1, -0.05) is 0 Å². The molecule has 0 radical (unpaired) electrons. The van der Waals surface area contributed by atoms with E-state index < -0.39 is 0 Å². The number of rotatable bonds is 5. The average molecular weight is 268 g/mol. The Bertz CT molecular complexity index is 601. The predicted octanol–water partition coefficient (Wildman–Crippen LogP) is 3.67. The standard InChI is InChI=1S/C16H16N2O2/c1-12(19)13-3-9-16(10-4-13)20-11-18-15-7-5-14(17-2)6-8-15/h3-11,17H,1-2H3. The molecular weight excluding hydrogens is 252 g/mol. The van der Waals surface area contributed by atoms with Crippen LogP contribution in [0.2, 0.25) is 0 Å². The summed E-state index contributed by atoms with van der Waals surface area (Å²) in [6.07, 6.45) is 1.39. The summed E-state index contributed by atoms with van der Waals surface area (Å²) in [5.74, 6) is 0.681. The lowest BCUT2D eigenvalue weighted by atomic mass is 10.1. The summed E-state index contributed by atoms with van der Waals surface area (Å²) in [5, 5.41) is 3.04. The molecule has 0 aliphatic carbocycles. The third-order valence-electron chi connectivity index (χ3n) is 2.81. The first-order chi connectivity index (χ1) is 9.69. The van der Waals surface area contributed by atoms with Gasteiger partial charge in [-0.2, -0.15) is 0 Å². The second-order valence-corrected chi connectivity index (χ2v) is 4.23. The van der Waals surface area contributed by atoms with E-state index in [4.69, 9.17) is 4.74 Å². The van der Waals surface area contributed by atoms with Crippen LogP contribution in [-0.4, -0.2) is 19.2 Å². The minimum absolute atomic E-state index is 0.0369.